The predicted octanol–water partition coefficient (Wildman–Crippen LogP) is 3.64. The van der Waals surface area contributed by atoms with Crippen molar-refractivity contribution in [1.29, 1.82) is 0 Å². The second-order valence-corrected chi connectivity index (χ2v) is 7.74. The van der Waals surface area contributed by atoms with Crippen molar-refractivity contribution < 1.29 is 4.74 Å². The topological polar surface area (TPSA) is 15.7 Å². The van der Waals surface area contributed by atoms with E-state index >= 15 is 0 Å². The first-order valence-electron chi connectivity index (χ1n) is 9.44. The molecule has 0 spiro atoms. The van der Waals surface area contributed by atoms with E-state index < -0.39 is 0 Å². The SMILES string of the molecule is COc1ccccc1N1CCN(C[C@@H]2CC[C@H]3CC[C@H]2C3)CC1. The van der Waals surface area contributed by atoms with Crippen molar-refractivity contribution in [3.05, 3.63) is 24.3 Å². The van der Waals surface area contributed by atoms with Gasteiger partial charge < -0.3 is 9.64 Å². The van der Waals surface area contributed by atoms with Crippen LogP contribution in [0, 0.1) is 17.8 Å². The molecule has 0 aromatic heterocycles. The summed E-state index contributed by atoms with van der Waals surface area (Å²) in [6.45, 7) is 5.99. The molecule has 3 heteroatoms. The predicted molar refractivity (Wildman–Crippen MR) is 95.2 cm³/mol. The van der Waals surface area contributed by atoms with Crippen molar-refractivity contribution in [2.45, 2.75) is 32.1 Å². The number of anilines is 1. The molecular weight excluding hydrogens is 284 g/mol. The van der Waals surface area contributed by atoms with E-state index in [1.54, 1.807) is 7.11 Å². The average Bonchev–Trinajstić information content (AvgIpc) is 3.00. The van der Waals surface area contributed by atoms with Gasteiger partial charge in [-0.2, -0.15) is 0 Å². The molecule has 1 heterocycles. The Morgan fingerprint density at radius 1 is 1.00 bits per heavy atom. The Morgan fingerprint density at radius 2 is 1.78 bits per heavy atom. The lowest BCUT2D eigenvalue weighted by atomic mass is 9.79. The molecule has 1 aromatic rings. The Morgan fingerprint density at radius 3 is 2.61 bits per heavy atom. The number of fused-ring (bicyclic) bond motifs is 2. The summed E-state index contributed by atoms with van der Waals surface area (Å²) in [5, 5.41) is 0. The van der Waals surface area contributed by atoms with E-state index in [1.807, 2.05) is 0 Å². The highest BCUT2D eigenvalue weighted by Gasteiger charge is 2.36. The lowest BCUT2D eigenvalue weighted by Crippen LogP contribution is -2.48. The highest BCUT2D eigenvalue weighted by atomic mass is 16.5. The third-order valence-electron chi connectivity index (χ3n) is 6.49. The molecule has 2 aliphatic carbocycles. The fourth-order valence-corrected chi connectivity index (χ4v) is 5.12. The average molecular weight is 314 g/mol. The molecule has 1 saturated heterocycles. The molecule has 1 aromatic carbocycles. The molecule has 0 radical (unpaired) electrons. The largest absolute Gasteiger partial charge is 0.495 e. The number of rotatable bonds is 4. The first kappa shape index (κ1) is 15.3. The van der Waals surface area contributed by atoms with Gasteiger partial charge in [0.15, 0.2) is 0 Å². The van der Waals surface area contributed by atoms with E-state index in [2.05, 4.69) is 34.1 Å². The third kappa shape index (κ3) is 3.21. The summed E-state index contributed by atoms with van der Waals surface area (Å²) in [5.74, 6) is 4.11. The minimum atomic E-state index is 0.978. The van der Waals surface area contributed by atoms with Crippen LogP contribution < -0.4 is 9.64 Å². The Labute approximate surface area is 140 Å². The highest BCUT2D eigenvalue weighted by Crippen LogP contribution is 2.45. The fourth-order valence-electron chi connectivity index (χ4n) is 5.12. The molecule has 0 unspecified atom stereocenters. The van der Waals surface area contributed by atoms with Gasteiger partial charge in [-0.15, -0.1) is 0 Å². The van der Waals surface area contributed by atoms with Crippen LogP contribution in [0.1, 0.15) is 32.1 Å². The Kier molecular flexibility index (Phi) is 4.48. The number of methoxy groups -OCH3 is 1. The second kappa shape index (κ2) is 6.72. The zero-order chi connectivity index (χ0) is 15.6. The molecule has 0 amide bonds. The van der Waals surface area contributed by atoms with E-state index in [0.717, 1.165) is 36.6 Å². The summed E-state index contributed by atoms with van der Waals surface area (Å²) >= 11 is 0. The van der Waals surface area contributed by atoms with Crippen LogP contribution in [0.4, 0.5) is 5.69 Å². The molecule has 1 aliphatic heterocycles. The maximum Gasteiger partial charge on any atom is 0.142 e. The maximum absolute atomic E-state index is 5.52. The number of hydrogen-bond donors (Lipinski definition) is 0. The molecule has 3 fully saturated rings. The number of benzene rings is 1. The minimum Gasteiger partial charge on any atom is -0.495 e. The third-order valence-corrected chi connectivity index (χ3v) is 6.49. The Hall–Kier alpha value is -1.22. The normalized spacial score (nSPS) is 31.3. The second-order valence-electron chi connectivity index (χ2n) is 7.74. The number of piperazine rings is 1. The zero-order valence-corrected chi connectivity index (χ0v) is 14.4. The van der Waals surface area contributed by atoms with Gasteiger partial charge in [-0.1, -0.05) is 25.0 Å². The van der Waals surface area contributed by atoms with Crippen molar-refractivity contribution in [1.82, 2.24) is 4.90 Å². The van der Waals surface area contributed by atoms with Crippen LogP contribution in [-0.4, -0.2) is 44.7 Å². The van der Waals surface area contributed by atoms with Gasteiger partial charge in [0.25, 0.3) is 0 Å². The van der Waals surface area contributed by atoms with Crippen molar-refractivity contribution >= 4 is 5.69 Å². The summed E-state index contributed by atoms with van der Waals surface area (Å²) in [6, 6.07) is 8.42. The first-order valence-corrected chi connectivity index (χ1v) is 9.44. The number of para-hydroxylation sites is 2. The maximum atomic E-state index is 5.52. The van der Waals surface area contributed by atoms with Crippen LogP contribution in [0.2, 0.25) is 0 Å². The molecule has 2 saturated carbocycles. The van der Waals surface area contributed by atoms with E-state index in [9.17, 15) is 0 Å². The zero-order valence-electron chi connectivity index (χ0n) is 14.4. The molecular formula is C20H30N2O. The van der Waals surface area contributed by atoms with Gasteiger partial charge in [-0.25, -0.2) is 0 Å². The van der Waals surface area contributed by atoms with Crippen LogP contribution in [0.3, 0.4) is 0 Å². The minimum absolute atomic E-state index is 0.978. The van der Waals surface area contributed by atoms with Crippen molar-refractivity contribution in [3.63, 3.8) is 0 Å². The van der Waals surface area contributed by atoms with E-state index in [4.69, 9.17) is 4.74 Å². The fraction of sp³-hybridized carbons (Fsp3) is 0.700. The van der Waals surface area contributed by atoms with Crippen molar-refractivity contribution in [3.8, 4) is 5.75 Å². The monoisotopic (exact) mass is 314 g/mol. The summed E-state index contributed by atoms with van der Waals surface area (Å²) in [6.07, 6.45) is 7.55. The van der Waals surface area contributed by atoms with Crippen LogP contribution in [0.25, 0.3) is 0 Å². The van der Waals surface area contributed by atoms with E-state index in [1.165, 1.54) is 57.4 Å². The molecule has 3 nitrogen and oxygen atoms in total. The number of ether oxygens (including phenoxy) is 1. The summed E-state index contributed by atoms with van der Waals surface area (Å²) in [4.78, 5) is 5.21. The smallest absolute Gasteiger partial charge is 0.142 e. The lowest BCUT2D eigenvalue weighted by Gasteiger charge is -2.40. The number of nitrogens with zero attached hydrogens (tertiary/aromatic N) is 2. The van der Waals surface area contributed by atoms with E-state index in [-0.39, 0.29) is 0 Å². The molecule has 23 heavy (non-hydrogen) atoms. The summed E-state index contributed by atoms with van der Waals surface area (Å²) in [5.41, 5.74) is 1.26. The van der Waals surface area contributed by atoms with Crippen molar-refractivity contribution in [2.24, 2.45) is 17.8 Å². The summed E-state index contributed by atoms with van der Waals surface area (Å²) < 4.78 is 5.52. The van der Waals surface area contributed by atoms with Crippen LogP contribution >= 0.6 is 0 Å². The quantitative estimate of drug-likeness (QED) is 0.844. The van der Waals surface area contributed by atoms with Gasteiger partial charge in [-0.05, 0) is 49.1 Å². The Balaban J connectivity index is 1.32. The standard InChI is InChI=1S/C20H30N2O/c1-23-20-5-3-2-4-19(20)22-12-10-21(11-13-22)15-18-9-7-16-6-8-17(18)14-16/h2-5,16-18H,6-15H2,1H3/t16-,17+,18+/m1/s1. The summed E-state index contributed by atoms with van der Waals surface area (Å²) in [7, 11) is 1.77. The Bertz CT molecular complexity index is 524. The number of hydrogen-bond acceptors (Lipinski definition) is 3. The molecule has 3 aliphatic rings. The van der Waals surface area contributed by atoms with Crippen molar-refractivity contribution in [2.75, 3.05) is 44.7 Å². The van der Waals surface area contributed by atoms with Crippen LogP contribution in [-0.2, 0) is 0 Å². The molecule has 4 rings (SSSR count). The van der Waals surface area contributed by atoms with Gasteiger partial charge in [0.05, 0.1) is 12.8 Å². The van der Waals surface area contributed by atoms with Crippen LogP contribution in [0.5, 0.6) is 5.75 Å². The van der Waals surface area contributed by atoms with Gasteiger partial charge in [-0.3, -0.25) is 4.90 Å². The van der Waals surface area contributed by atoms with E-state index in [0.29, 0.717) is 0 Å². The van der Waals surface area contributed by atoms with Gasteiger partial charge in [0.1, 0.15) is 5.75 Å². The highest BCUT2D eigenvalue weighted by molar-refractivity contribution is 5.58. The molecule has 126 valence electrons. The van der Waals surface area contributed by atoms with Gasteiger partial charge in [0, 0.05) is 32.7 Å². The van der Waals surface area contributed by atoms with Crippen LogP contribution in [0.15, 0.2) is 24.3 Å². The van der Waals surface area contributed by atoms with Gasteiger partial charge >= 0.3 is 0 Å². The van der Waals surface area contributed by atoms with Gasteiger partial charge in [0.2, 0.25) is 0 Å². The molecule has 3 atom stereocenters. The molecule has 2 bridgehead atoms. The molecule has 0 N–H and O–H groups in total. The lowest BCUT2D eigenvalue weighted by molar-refractivity contribution is 0.151. The first-order chi connectivity index (χ1) is 11.3.